The summed E-state index contributed by atoms with van der Waals surface area (Å²) in [4.78, 5) is 0. The minimum absolute atomic E-state index is 0.170. The highest BCUT2D eigenvalue weighted by molar-refractivity contribution is 9.10. The smallest absolute Gasteiger partial charge is 0.142 e. The van der Waals surface area contributed by atoms with Gasteiger partial charge in [0.05, 0.1) is 10.5 Å². The summed E-state index contributed by atoms with van der Waals surface area (Å²) in [6, 6.07) is 11.3. The van der Waals surface area contributed by atoms with Crippen molar-refractivity contribution in [1.29, 1.82) is 0 Å². The number of hydrogen-bond donors (Lipinski definition) is 1. The molecule has 1 atom stereocenters. The van der Waals surface area contributed by atoms with Gasteiger partial charge in [-0.15, -0.1) is 0 Å². The lowest BCUT2D eigenvalue weighted by Gasteiger charge is -2.22. The van der Waals surface area contributed by atoms with Crippen molar-refractivity contribution in [1.82, 2.24) is 5.32 Å². The van der Waals surface area contributed by atoms with Gasteiger partial charge in [-0.3, -0.25) is 0 Å². The third kappa shape index (κ3) is 3.74. The molecule has 0 aliphatic heterocycles. The van der Waals surface area contributed by atoms with Gasteiger partial charge in [-0.1, -0.05) is 53.2 Å². The zero-order valence-electron chi connectivity index (χ0n) is 12.1. The molecule has 1 unspecified atom stereocenters. The molecule has 2 rings (SSSR count). The molecule has 4 heteroatoms. The quantitative estimate of drug-likeness (QED) is 0.656. The Hall–Kier alpha value is -0.710. The Balaban J connectivity index is 2.52. The fourth-order valence-corrected chi connectivity index (χ4v) is 3.19. The maximum absolute atomic E-state index is 14.5. The highest BCUT2D eigenvalue weighted by atomic mass is 79.9. The first-order chi connectivity index (χ1) is 10.1. The molecule has 2 aromatic rings. The second kappa shape index (κ2) is 7.52. The monoisotopic (exact) mass is 413 g/mol. The standard InChI is InChI=1S/C17H18Br2FN/c1-3-10-21-17(12-7-4-6-11(2)15(12)19)13-8-5-9-14(18)16(13)20/h4-9,17,21H,3,10H2,1-2H3. The van der Waals surface area contributed by atoms with Crippen molar-refractivity contribution in [2.45, 2.75) is 26.3 Å². The molecule has 21 heavy (non-hydrogen) atoms. The van der Waals surface area contributed by atoms with Crippen molar-refractivity contribution in [3.63, 3.8) is 0 Å². The van der Waals surface area contributed by atoms with Crippen LogP contribution in [0.4, 0.5) is 4.39 Å². The Labute approximate surface area is 142 Å². The van der Waals surface area contributed by atoms with Crippen LogP contribution in [0.3, 0.4) is 0 Å². The molecule has 0 spiro atoms. The summed E-state index contributed by atoms with van der Waals surface area (Å²) in [5.41, 5.74) is 2.86. The summed E-state index contributed by atoms with van der Waals surface area (Å²) >= 11 is 6.91. The Bertz CT molecular complexity index is 577. The van der Waals surface area contributed by atoms with Crippen molar-refractivity contribution in [3.8, 4) is 0 Å². The molecule has 0 fully saturated rings. The van der Waals surface area contributed by atoms with E-state index in [1.807, 2.05) is 37.3 Å². The van der Waals surface area contributed by atoms with Gasteiger partial charge in [-0.25, -0.2) is 4.39 Å². The molecule has 112 valence electrons. The predicted octanol–water partition coefficient (Wildman–Crippen LogP) is 5.75. The van der Waals surface area contributed by atoms with Crippen LogP contribution in [0.2, 0.25) is 0 Å². The molecule has 0 saturated carbocycles. The van der Waals surface area contributed by atoms with E-state index in [0.717, 1.165) is 28.6 Å². The number of nitrogens with one attached hydrogen (secondary N) is 1. The minimum Gasteiger partial charge on any atom is -0.306 e. The van der Waals surface area contributed by atoms with Crippen molar-refractivity contribution in [3.05, 3.63) is 67.9 Å². The maximum atomic E-state index is 14.5. The van der Waals surface area contributed by atoms with Crippen LogP contribution >= 0.6 is 31.9 Å². The summed E-state index contributed by atoms with van der Waals surface area (Å²) in [6.45, 7) is 4.98. The lowest BCUT2D eigenvalue weighted by molar-refractivity contribution is 0.542. The van der Waals surface area contributed by atoms with E-state index in [4.69, 9.17) is 0 Å². The summed E-state index contributed by atoms with van der Waals surface area (Å²) < 4.78 is 16.0. The van der Waals surface area contributed by atoms with Crippen LogP contribution in [0.5, 0.6) is 0 Å². The van der Waals surface area contributed by atoms with Gasteiger partial charge in [-0.2, -0.15) is 0 Å². The van der Waals surface area contributed by atoms with Gasteiger partial charge >= 0.3 is 0 Å². The van der Waals surface area contributed by atoms with Crippen LogP contribution in [0.1, 0.15) is 36.1 Å². The molecular weight excluding hydrogens is 397 g/mol. The Morgan fingerprint density at radius 3 is 2.48 bits per heavy atom. The Morgan fingerprint density at radius 1 is 1.10 bits per heavy atom. The predicted molar refractivity (Wildman–Crippen MR) is 93.1 cm³/mol. The second-order valence-corrected chi connectivity index (χ2v) is 6.66. The summed E-state index contributed by atoms with van der Waals surface area (Å²) in [6.07, 6.45) is 0.996. The van der Waals surface area contributed by atoms with E-state index >= 15 is 0 Å². The third-order valence-corrected chi connectivity index (χ3v) is 5.12. The van der Waals surface area contributed by atoms with Gasteiger partial charge in [0.2, 0.25) is 0 Å². The SMILES string of the molecule is CCCNC(c1cccc(Br)c1F)c1cccc(C)c1Br. The Morgan fingerprint density at radius 2 is 1.76 bits per heavy atom. The number of rotatable bonds is 5. The fraction of sp³-hybridized carbons (Fsp3) is 0.294. The van der Waals surface area contributed by atoms with Crippen LogP contribution in [0, 0.1) is 12.7 Å². The van der Waals surface area contributed by atoms with Crippen LogP contribution in [0.25, 0.3) is 0 Å². The lowest BCUT2D eigenvalue weighted by atomic mass is 9.96. The van der Waals surface area contributed by atoms with Crippen LogP contribution in [0.15, 0.2) is 45.3 Å². The molecule has 0 bridgehead atoms. The number of benzene rings is 2. The van der Waals surface area contributed by atoms with Gasteiger partial charge in [0, 0.05) is 10.0 Å². The maximum Gasteiger partial charge on any atom is 0.142 e. The zero-order valence-corrected chi connectivity index (χ0v) is 15.3. The number of hydrogen-bond acceptors (Lipinski definition) is 1. The molecule has 0 aromatic heterocycles. The molecule has 0 aliphatic carbocycles. The van der Waals surface area contributed by atoms with Gasteiger partial charge < -0.3 is 5.32 Å². The first kappa shape index (κ1) is 16.7. The van der Waals surface area contributed by atoms with E-state index < -0.39 is 0 Å². The van der Waals surface area contributed by atoms with Crippen LogP contribution in [-0.2, 0) is 0 Å². The lowest BCUT2D eigenvalue weighted by Crippen LogP contribution is -2.24. The summed E-state index contributed by atoms with van der Waals surface area (Å²) in [5, 5.41) is 3.45. The highest BCUT2D eigenvalue weighted by Gasteiger charge is 2.21. The van der Waals surface area contributed by atoms with Crippen molar-refractivity contribution in [2.24, 2.45) is 0 Å². The first-order valence-corrected chi connectivity index (χ1v) is 8.57. The number of aryl methyl sites for hydroxylation is 1. The minimum atomic E-state index is -0.209. The average Bonchev–Trinajstić information content (AvgIpc) is 2.47. The molecule has 0 aliphatic rings. The molecule has 0 radical (unpaired) electrons. The van der Waals surface area contributed by atoms with Gasteiger partial charge in [-0.05, 0) is 53.0 Å². The van der Waals surface area contributed by atoms with E-state index in [1.165, 1.54) is 0 Å². The zero-order chi connectivity index (χ0) is 15.4. The van der Waals surface area contributed by atoms with Crippen molar-refractivity contribution >= 4 is 31.9 Å². The van der Waals surface area contributed by atoms with E-state index in [0.29, 0.717) is 10.0 Å². The molecule has 0 amide bonds. The normalized spacial score (nSPS) is 12.4. The Kier molecular flexibility index (Phi) is 5.97. The average molecular weight is 415 g/mol. The molecular formula is C17H18Br2FN. The van der Waals surface area contributed by atoms with Gasteiger partial charge in [0.1, 0.15) is 5.82 Å². The summed E-state index contributed by atoms with van der Waals surface area (Å²) in [7, 11) is 0. The molecule has 0 heterocycles. The molecule has 1 N–H and O–H groups in total. The summed E-state index contributed by atoms with van der Waals surface area (Å²) in [5.74, 6) is -0.209. The third-order valence-electron chi connectivity index (χ3n) is 3.42. The van der Waals surface area contributed by atoms with E-state index in [-0.39, 0.29) is 11.9 Å². The molecule has 1 nitrogen and oxygen atoms in total. The topological polar surface area (TPSA) is 12.0 Å². The fourth-order valence-electron chi connectivity index (χ4n) is 2.31. The first-order valence-electron chi connectivity index (χ1n) is 6.98. The van der Waals surface area contributed by atoms with Crippen molar-refractivity contribution < 1.29 is 4.39 Å². The largest absolute Gasteiger partial charge is 0.306 e. The molecule has 2 aromatic carbocycles. The number of halogens is 3. The second-order valence-electron chi connectivity index (χ2n) is 5.01. The van der Waals surface area contributed by atoms with Crippen LogP contribution in [-0.4, -0.2) is 6.54 Å². The van der Waals surface area contributed by atoms with Gasteiger partial charge in [0.25, 0.3) is 0 Å². The van der Waals surface area contributed by atoms with E-state index in [9.17, 15) is 4.39 Å². The van der Waals surface area contributed by atoms with E-state index in [2.05, 4.69) is 44.1 Å². The van der Waals surface area contributed by atoms with E-state index in [1.54, 1.807) is 6.07 Å². The van der Waals surface area contributed by atoms with Gasteiger partial charge in [0.15, 0.2) is 0 Å². The van der Waals surface area contributed by atoms with Crippen molar-refractivity contribution in [2.75, 3.05) is 6.54 Å². The highest BCUT2D eigenvalue weighted by Crippen LogP contribution is 2.33. The molecule has 0 saturated heterocycles. The van der Waals surface area contributed by atoms with Crippen LogP contribution < -0.4 is 5.32 Å².